The summed E-state index contributed by atoms with van der Waals surface area (Å²) in [7, 11) is 3.21. The van der Waals surface area contributed by atoms with Gasteiger partial charge in [0.1, 0.15) is 0 Å². The lowest BCUT2D eigenvalue weighted by Crippen LogP contribution is -2.19. The highest BCUT2D eigenvalue weighted by Gasteiger charge is 2.08. The van der Waals surface area contributed by atoms with Gasteiger partial charge in [-0.05, 0) is 6.92 Å². The summed E-state index contributed by atoms with van der Waals surface area (Å²) in [5.41, 5.74) is 0. The number of rotatable bonds is 3. The van der Waals surface area contributed by atoms with E-state index in [2.05, 4.69) is 6.92 Å². The number of ether oxygens (including phenoxy) is 2. The SMILES string of the molecule is [CH2]C(C)C(OC)OC. The van der Waals surface area contributed by atoms with Crippen LogP contribution in [0, 0.1) is 12.8 Å². The molecule has 1 unspecified atom stereocenters. The van der Waals surface area contributed by atoms with Crippen LogP contribution < -0.4 is 0 Å². The fourth-order valence-electron chi connectivity index (χ4n) is 0.561. The smallest absolute Gasteiger partial charge is 0.159 e. The van der Waals surface area contributed by atoms with Gasteiger partial charge >= 0.3 is 0 Å². The Balaban J connectivity index is 3.35. The molecule has 0 aliphatic carbocycles. The molecule has 0 amide bonds. The maximum atomic E-state index is 4.88. The Bertz CT molecular complexity index is 48.5. The Morgan fingerprint density at radius 2 is 1.62 bits per heavy atom. The molecule has 0 heterocycles. The molecule has 2 nitrogen and oxygen atoms in total. The predicted molar refractivity (Wildman–Crippen MR) is 32.3 cm³/mol. The summed E-state index contributed by atoms with van der Waals surface area (Å²) in [4.78, 5) is 0. The van der Waals surface area contributed by atoms with Crippen LogP contribution in [0.1, 0.15) is 6.92 Å². The van der Waals surface area contributed by atoms with Crippen molar-refractivity contribution in [1.29, 1.82) is 0 Å². The molecule has 0 saturated carbocycles. The van der Waals surface area contributed by atoms with Crippen LogP contribution in [0.3, 0.4) is 0 Å². The summed E-state index contributed by atoms with van der Waals surface area (Å²) < 4.78 is 9.75. The zero-order chi connectivity index (χ0) is 6.57. The van der Waals surface area contributed by atoms with Gasteiger partial charge in [-0.2, -0.15) is 0 Å². The van der Waals surface area contributed by atoms with Crippen molar-refractivity contribution in [3.05, 3.63) is 6.92 Å². The second-order valence-corrected chi connectivity index (χ2v) is 1.82. The predicted octanol–water partition coefficient (Wildman–Crippen LogP) is 1.08. The van der Waals surface area contributed by atoms with Crippen molar-refractivity contribution >= 4 is 0 Å². The van der Waals surface area contributed by atoms with Crippen LogP contribution in [-0.2, 0) is 9.47 Å². The second kappa shape index (κ2) is 3.87. The Hall–Kier alpha value is -0.0800. The summed E-state index contributed by atoms with van der Waals surface area (Å²) in [5.74, 6) is 0.185. The molecule has 0 aromatic carbocycles. The highest BCUT2D eigenvalue weighted by Crippen LogP contribution is 2.03. The fourth-order valence-corrected chi connectivity index (χ4v) is 0.561. The topological polar surface area (TPSA) is 18.5 Å². The lowest BCUT2D eigenvalue weighted by atomic mass is 10.2. The number of hydrogen-bond acceptors (Lipinski definition) is 2. The molecule has 8 heavy (non-hydrogen) atoms. The first-order valence-electron chi connectivity index (χ1n) is 2.61. The summed E-state index contributed by atoms with van der Waals surface area (Å²) in [6.45, 7) is 5.67. The monoisotopic (exact) mass is 117 g/mol. The van der Waals surface area contributed by atoms with E-state index in [0.29, 0.717) is 0 Å². The van der Waals surface area contributed by atoms with Gasteiger partial charge in [-0.3, -0.25) is 0 Å². The van der Waals surface area contributed by atoms with Crippen molar-refractivity contribution in [2.24, 2.45) is 5.92 Å². The summed E-state index contributed by atoms with van der Waals surface area (Å²) in [5, 5.41) is 0. The van der Waals surface area contributed by atoms with Crippen LogP contribution in [0.5, 0.6) is 0 Å². The van der Waals surface area contributed by atoms with Gasteiger partial charge in [0.05, 0.1) is 0 Å². The van der Waals surface area contributed by atoms with Crippen molar-refractivity contribution in [2.75, 3.05) is 14.2 Å². The molecule has 2 heteroatoms. The molecule has 0 bridgehead atoms. The zero-order valence-electron chi connectivity index (χ0n) is 5.68. The van der Waals surface area contributed by atoms with Crippen LogP contribution in [0.2, 0.25) is 0 Å². The Morgan fingerprint density at radius 1 is 1.25 bits per heavy atom. The minimum absolute atomic E-state index is 0.157. The molecule has 0 spiro atoms. The average Bonchev–Trinajstić information content (AvgIpc) is 1.69. The van der Waals surface area contributed by atoms with E-state index in [4.69, 9.17) is 9.47 Å². The van der Waals surface area contributed by atoms with E-state index >= 15 is 0 Å². The summed E-state index contributed by atoms with van der Waals surface area (Å²) in [6, 6.07) is 0. The van der Waals surface area contributed by atoms with Gasteiger partial charge in [-0.1, -0.05) is 6.92 Å². The highest BCUT2D eigenvalue weighted by molar-refractivity contribution is 4.56. The van der Waals surface area contributed by atoms with Gasteiger partial charge in [0.15, 0.2) is 6.29 Å². The molecular weight excluding hydrogens is 104 g/mol. The van der Waals surface area contributed by atoms with Crippen molar-refractivity contribution in [3.63, 3.8) is 0 Å². The molecule has 0 N–H and O–H groups in total. The fraction of sp³-hybridized carbons (Fsp3) is 0.833. The van der Waals surface area contributed by atoms with Gasteiger partial charge in [0, 0.05) is 20.1 Å². The Kier molecular flexibility index (Phi) is 3.83. The van der Waals surface area contributed by atoms with Crippen LogP contribution in [0.4, 0.5) is 0 Å². The molecule has 0 saturated heterocycles. The van der Waals surface area contributed by atoms with Gasteiger partial charge in [-0.25, -0.2) is 0 Å². The average molecular weight is 117 g/mol. The van der Waals surface area contributed by atoms with E-state index in [9.17, 15) is 0 Å². The minimum Gasteiger partial charge on any atom is -0.356 e. The maximum absolute atomic E-state index is 4.88. The first-order valence-corrected chi connectivity index (χ1v) is 2.61. The van der Waals surface area contributed by atoms with E-state index < -0.39 is 0 Å². The van der Waals surface area contributed by atoms with Gasteiger partial charge in [-0.15, -0.1) is 0 Å². The zero-order valence-corrected chi connectivity index (χ0v) is 5.68. The molecule has 1 radical (unpaired) electrons. The van der Waals surface area contributed by atoms with Crippen molar-refractivity contribution in [2.45, 2.75) is 13.2 Å². The van der Waals surface area contributed by atoms with E-state index in [-0.39, 0.29) is 12.2 Å². The summed E-state index contributed by atoms with van der Waals surface area (Å²) >= 11 is 0. The molecule has 49 valence electrons. The normalized spacial score (nSPS) is 11.2. The van der Waals surface area contributed by atoms with Gasteiger partial charge in [0.25, 0.3) is 0 Å². The first-order chi connectivity index (χ1) is 3.72. The standard InChI is InChI=1S/C6H13O2/c1-5(2)6(7-3)8-4/h5-6H,1H2,2-4H3. The molecule has 0 aliphatic heterocycles. The van der Waals surface area contributed by atoms with E-state index in [0.717, 1.165) is 0 Å². The van der Waals surface area contributed by atoms with Crippen molar-refractivity contribution in [1.82, 2.24) is 0 Å². The molecule has 0 rings (SSSR count). The molecule has 0 fully saturated rings. The first kappa shape index (κ1) is 7.92. The van der Waals surface area contributed by atoms with Crippen LogP contribution >= 0.6 is 0 Å². The summed E-state index contributed by atoms with van der Waals surface area (Å²) in [6.07, 6.45) is -0.157. The van der Waals surface area contributed by atoms with Crippen LogP contribution in [-0.4, -0.2) is 20.5 Å². The number of hydrogen-bond donors (Lipinski definition) is 0. The molecule has 0 aliphatic rings. The van der Waals surface area contributed by atoms with Gasteiger partial charge in [0.2, 0.25) is 0 Å². The molecular formula is C6H13O2. The van der Waals surface area contributed by atoms with Crippen LogP contribution in [0.15, 0.2) is 0 Å². The van der Waals surface area contributed by atoms with Crippen LogP contribution in [0.25, 0.3) is 0 Å². The third-order valence-electron chi connectivity index (χ3n) is 0.929. The molecule has 0 aromatic heterocycles. The second-order valence-electron chi connectivity index (χ2n) is 1.82. The quantitative estimate of drug-likeness (QED) is 0.515. The lowest BCUT2D eigenvalue weighted by molar-refractivity contribution is -0.123. The molecule has 0 aromatic rings. The Morgan fingerprint density at radius 3 is 1.62 bits per heavy atom. The maximum Gasteiger partial charge on any atom is 0.159 e. The third-order valence-corrected chi connectivity index (χ3v) is 0.929. The largest absolute Gasteiger partial charge is 0.356 e. The highest BCUT2D eigenvalue weighted by atomic mass is 16.7. The third kappa shape index (κ3) is 2.28. The van der Waals surface area contributed by atoms with Crippen molar-refractivity contribution in [3.8, 4) is 0 Å². The van der Waals surface area contributed by atoms with E-state index in [1.807, 2.05) is 6.92 Å². The molecule has 1 atom stereocenters. The van der Waals surface area contributed by atoms with E-state index in [1.165, 1.54) is 0 Å². The number of methoxy groups -OCH3 is 2. The van der Waals surface area contributed by atoms with Crippen molar-refractivity contribution < 1.29 is 9.47 Å². The van der Waals surface area contributed by atoms with Gasteiger partial charge < -0.3 is 9.47 Å². The minimum atomic E-state index is -0.157. The Labute approximate surface area is 50.8 Å². The van der Waals surface area contributed by atoms with E-state index in [1.54, 1.807) is 14.2 Å². The lowest BCUT2D eigenvalue weighted by Gasteiger charge is -2.15.